The van der Waals surface area contributed by atoms with Gasteiger partial charge in [-0.25, -0.2) is 9.37 Å². The standard InChI is InChI=1S/C33H30FN3O5/c1-22(38)18-23-2-8-27(9-3-23)41-29-14-16-37(17-15-29)33(40)30-12-5-25(21-35-30)31(39)19-24-4-13-32(36-20-24)42-28-10-6-26(34)7-11-28/h2-13,20-21,29H,14-19H2,1H3. The van der Waals surface area contributed by atoms with Crippen molar-refractivity contribution in [2.75, 3.05) is 13.1 Å². The van der Waals surface area contributed by atoms with Crippen LogP contribution < -0.4 is 9.47 Å². The van der Waals surface area contributed by atoms with E-state index in [0.717, 1.165) is 11.3 Å². The lowest BCUT2D eigenvalue weighted by Gasteiger charge is -2.32. The molecule has 1 fully saturated rings. The first-order valence-corrected chi connectivity index (χ1v) is 13.7. The SMILES string of the molecule is CC(=O)Cc1ccc(OC2CCN(C(=O)c3ccc(C(=O)Cc4ccc(Oc5ccc(F)cc5)nc4)cn3)CC2)cc1. The maximum absolute atomic E-state index is 13.1. The summed E-state index contributed by atoms with van der Waals surface area (Å²) >= 11 is 0. The number of hydrogen-bond acceptors (Lipinski definition) is 7. The summed E-state index contributed by atoms with van der Waals surface area (Å²) in [5.74, 6) is 0.974. The molecule has 5 rings (SSSR count). The highest BCUT2D eigenvalue weighted by Gasteiger charge is 2.25. The molecule has 2 aromatic carbocycles. The monoisotopic (exact) mass is 567 g/mol. The molecule has 214 valence electrons. The number of Topliss-reactive ketones (excluding diaryl/α,β-unsaturated/α-hetero) is 2. The Hall–Kier alpha value is -4.92. The van der Waals surface area contributed by atoms with Gasteiger partial charge in [0.25, 0.3) is 5.91 Å². The molecule has 9 heteroatoms. The van der Waals surface area contributed by atoms with Crippen molar-refractivity contribution in [2.24, 2.45) is 0 Å². The van der Waals surface area contributed by atoms with E-state index < -0.39 is 0 Å². The van der Waals surface area contributed by atoms with Gasteiger partial charge >= 0.3 is 0 Å². The predicted molar refractivity (Wildman–Crippen MR) is 153 cm³/mol. The summed E-state index contributed by atoms with van der Waals surface area (Å²) in [5, 5.41) is 0. The van der Waals surface area contributed by atoms with Crippen LogP contribution in [0, 0.1) is 5.82 Å². The maximum Gasteiger partial charge on any atom is 0.272 e. The van der Waals surface area contributed by atoms with E-state index in [9.17, 15) is 18.8 Å². The van der Waals surface area contributed by atoms with Crippen molar-refractivity contribution in [1.82, 2.24) is 14.9 Å². The van der Waals surface area contributed by atoms with Gasteiger partial charge in [0.2, 0.25) is 5.88 Å². The second-order valence-electron chi connectivity index (χ2n) is 10.2. The molecule has 0 aliphatic carbocycles. The van der Waals surface area contributed by atoms with Crippen LogP contribution in [0.1, 0.15) is 51.7 Å². The van der Waals surface area contributed by atoms with E-state index in [4.69, 9.17) is 9.47 Å². The minimum Gasteiger partial charge on any atom is -0.490 e. The normalized spacial score (nSPS) is 13.4. The van der Waals surface area contributed by atoms with Crippen LogP contribution in [0.3, 0.4) is 0 Å². The molecule has 1 saturated heterocycles. The van der Waals surface area contributed by atoms with Crippen molar-refractivity contribution < 1.29 is 28.2 Å². The Bertz CT molecular complexity index is 1530. The zero-order chi connectivity index (χ0) is 29.5. The largest absolute Gasteiger partial charge is 0.490 e. The third-order valence-electron chi connectivity index (χ3n) is 6.91. The Balaban J connectivity index is 1.09. The highest BCUT2D eigenvalue weighted by atomic mass is 19.1. The second-order valence-corrected chi connectivity index (χ2v) is 10.2. The fourth-order valence-corrected chi connectivity index (χ4v) is 4.68. The van der Waals surface area contributed by atoms with Crippen LogP contribution in [0.2, 0.25) is 0 Å². The molecule has 3 heterocycles. The molecule has 4 aromatic rings. The minimum absolute atomic E-state index is 0.00121. The number of aromatic nitrogens is 2. The Kier molecular flexibility index (Phi) is 8.96. The number of hydrogen-bond donors (Lipinski definition) is 0. The number of benzene rings is 2. The third kappa shape index (κ3) is 7.63. The third-order valence-corrected chi connectivity index (χ3v) is 6.91. The molecule has 1 amide bonds. The van der Waals surface area contributed by atoms with Gasteiger partial charge in [-0.05, 0) is 66.6 Å². The van der Waals surface area contributed by atoms with Gasteiger partial charge in [-0.1, -0.05) is 18.2 Å². The first-order chi connectivity index (χ1) is 20.3. The average molecular weight is 568 g/mol. The van der Waals surface area contributed by atoms with Crippen LogP contribution in [0.15, 0.2) is 85.2 Å². The van der Waals surface area contributed by atoms with Crippen LogP contribution in [0.4, 0.5) is 4.39 Å². The highest BCUT2D eigenvalue weighted by Crippen LogP contribution is 2.22. The summed E-state index contributed by atoms with van der Waals surface area (Å²) in [5.41, 5.74) is 2.34. The molecule has 0 radical (unpaired) electrons. The summed E-state index contributed by atoms with van der Waals surface area (Å²) in [6.45, 7) is 2.66. The zero-order valence-electron chi connectivity index (χ0n) is 23.2. The topological polar surface area (TPSA) is 98.7 Å². The first-order valence-electron chi connectivity index (χ1n) is 13.7. The van der Waals surface area contributed by atoms with E-state index in [1.165, 1.54) is 30.5 Å². The van der Waals surface area contributed by atoms with E-state index >= 15 is 0 Å². The highest BCUT2D eigenvalue weighted by molar-refractivity contribution is 5.98. The van der Waals surface area contributed by atoms with Crippen LogP contribution in [0.25, 0.3) is 0 Å². The number of carbonyl (C=O) groups excluding carboxylic acids is 3. The quantitative estimate of drug-likeness (QED) is 0.229. The molecular weight excluding hydrogens is 537 g/mol. The van der Waals surface area contributed by atoms with Crippen molar-refractivity contribution in [2.45, 2.75) is 38.7 Å². The molecule has 42 heavy (non-hydrogen) atoms. The Morgan fingerprint density at radius 3 is 2.12 bits per heavy atom. The van der Waals surface area contributed by atoms with Gasteiger partial charge in [-0.2, -0.15) is 0 Å². The van der Waals surface area contributed by atoms with Gasteiger partial charge in [-0.15, -0.1) is 0 Å². The fraction of sp³-hybridized carbons (Fsp3) is 0.242. The number of halogens is 1. The van der Waals surface area contributed by atoms with Crippen molar-refractivity contribution in [3.63, 3.8) is 0 Å². The molecule has 8 nitrogen and oxygen atoms in total. The molecule has 0 bridgehead atoms. The van der Waals surface area contributed by atoms with Crippen LogP contribution in [0.5, 0.6) is 17.4 Å². The number of amides is 1. The second kappa shape index (κ2) is 13.2. The van der Waals surface area contributed by atoms with E-state index in [1.807, 2.05) is 24.3 Å². The molecule has 0 unspecified atom stereocenters. The Morgan fingerprint density at radius 1 is 0.810 bits per heavy atom. The molecule has 0 N–H and O–H groups in total. The number of likely N-dealkylation sites (tertiary alicyclic amines) is 1. The molecule has 1 aliphatic heterocycles. The maximum atomic E-state index is 13.1. The van der Waals surface area contributed by atoms with E-state index in [1.54, 1.807) is 42.3 Å². The number of carbonyl (C=O) groups is 3. The number of ether oxygens (including phenoxy) is 2. The van der Waals surface area contributed by atoms with Gasteiger partial charge in [0, 0.05) is 62.8 Å². The lowest BCUT2D eigenvalue weighted by Crippen LogP contribution is -2.42. The summed E-state index contributed by atoms with van der Waals surface area (Å²) in [6, 6.07) is 19.7. The summed E-state index contributed by atoms with van der Waals surface area (Å²) in [6.07, 6.45) is 4.90. The van der Waals surface area contributed by atoms with Crippen LogP contribution in [-0.4, -0.2) is 51.5 Å². The number of nitrogens with zero attached hydrogens (tertiary/aromatic N) is 3. The molecule has 0 atom stereocenters. The molecule has 2 aromatic heterocycles. The number of piperidine rings is 1. The van der Waals surface area contributed by atoms with Crippen molar-refractivity contribution >= 4 is 17.5 Å². The van der Waals surface area contributed by atoms with Crippen LogP contribution >= 0.6 is 0 Å². The minimum atomic E-state index is -0.353. The molecule has 0 spiro atoms. The summed E-state index contributed by atoms with van der Waals surface area (Å²) in [7, 11) is 0. The lowest BCUT2D eigenvalue weighted by molar-refractivity contribution is -0.116. The summed E-state index contributed by atoms with van der Waals surface area (Å²) < 4.78 is 24.7. The van der Waals surface area contributed by atoms with Crippen LogP contribution in [-0.2, 0) is 17.6 Å². The van der Waals surface area contributed by atoms with E-state index in [2.05, 4.69) is 9.97 Å². The van der Waals surface area contributed by atoms with Gasteiger partial charge < -0.3 is 14.4 Å². The predicted octanol–water partition coefficient (Wildman–Crippen LogP) is 5.65. The lowest BCUT2D eigenvalue weighted by atomic mass is 10.0. The number of rotatable bonds is 10. The van der Waals surface area contributed by atoms with Gasteiger partial charge in [0.15, 0.2) is 5.78 Å². The molecular formula is C33H30FN3O5. The van der Waals surface area contributed by atoms with E-state index in [-0.39, 0.29) is 41.5 Å². The van der Waals surface area contributed by atoms with Gasteiger partial charge in [0.1, 0.15) is 34.9 Å². The molecule has 0 saturated carbocycles. The Morgan fingerprint density at radius 2 is 1.50 bits per heavy atom. The van der Waals surface area contributed by atoms with Crippen molar-refractivity contribution in [1.29, 1.82) is 0 Å². The summed E-state index contributed by atoms with van der Waals surface area (Å²) in [4.78, 5) is 47.3. The number of ketones is 2. The van der Waals surface area contributed by atoms with Crippen molar-refractivity contribution in [3.05, 3.63) is 113 Å². The van der Waals surface area contributed by atoms with E-state index in [0.29, 0.717) is 55.1 Å². The first kappa shape index (κ1) is 28.6. The zero-order valence-corrected chi connectivity index (χ0v) is 23.2. The fourth-order valence-electron chi connectivity index (χ4n) is 4.68. The van der Waals surface area contributed by atoms with Gasteiger partial charge in [-0.3, -0.25) is 19.4 Å². The Labute approximate surface area is 243 Å². The molecule has 1 aliphatic rings. The smallest absolute Gasteiger partial charge is 0.272 e. The average Bonchev–Trinajstić information content (AvgIpc) is 3.00. The van der Waals surface area contributed by atoms with Gasteiger partial charge in [0.05, 0.1) is 0 Å². The number of pyridine rings is 2. The van der Waals surface area contributed by atoms with Crippen molar-refractivity contribution in [3.8, 4) is 17.4 Å².